The van der Waals surface area contributed by atoms with Crippen molar-refractivity contribution in [3.05, 3.63) is 59.4 Å². The van der Waals surface area contributed by atoms with Crippen LogP contribution in [0.5, 0.6) is 5.75 Å². The molecule has 1 aliphatic rings. The Hall–Kier alpha value is -3.26. The van der Waals surface area contributed by atoms with Crippen LogP contribution in [0.2, 0.25) is 0 Å². The molecule has 8 nitrogen and oxygen atoms in total. The molecule has 1 aromatic carbocycles. The number of benzene rings is 1. The molecule has 0 aliphatic carbocycles. The number of morpholine rings is 1. The first kappa shape index (κ1) is 20.0. The molecule has 1 aliphatic heterocycles. The second-order valence-electron chi connectivity index (χ2n) is 7.24. The molecule has 0 unspecified atom stereocenters. The Morgan fingerprint density at radius 3 is 2.93 bits per heavy atom. The lowest BCUT2D eigenvalue weighted by Crippen LogP contribution is -2.43. The molecule has 1 saturated heterocycles. The summed E-state index contributed by atoms with van der Waals surface area (Å²) in [5, 5.41) is 3.93. The lowest BCUT2D eigenvalue weighted by Gasteiger charge is -2.32. The van der Waals surface area contributed by atoms with Gasteiger partial charge in [0.2, 0.25) is 5.91 Å². The molecule has 0 bridgehead atoms. The van der Waals surface area contributed by atoms with Crippen LogP contribution in [0, 0.1) is 13.8 Å². The van der Waals surface area contributed by atoms with E-state index in [4.69, 9.17) is 19.0 Å². The fourth-order valence-corrected chi connectivity index (χ4v) is 3.53. The normalized spacial score (nSPS) is 16.5. The van der Waals surface area contributed by atoms with Crippen LogP contribution in [0.15, 0.2) is 41.2 Å². The van der Waals surface area contributed by atoms with Crippen molar-refractivity contribution in [3.8, 4) is 17.0 Å². The van der Waals surface area contributed by atoms with Crippen LogP contribution in [-0.2, 0) is 16.0 Å². The van der Waals surface area contributed by atoms with E-state index in [9.17, 15) is 4.79 Å². The molecule has 0 saturated carbocycles. The first-order chi connectivity index (χ1) is 14.5. The minimum absolute atomic E-state index is 0.0228. The predicted molar refractivity (Wildman–Crippen MR) is 109 cm³/mol. The number of methoxy groups -OCH3 is 1. The third kappa shape index (κ3) is 4.18. The third-order valence-corrected chi connectivity index (χ3v) is 5.28. The second-order valence-corrected chi connectivity index (χ2v) is 7.24. The van der Waals surface area contributed by atoms with Crippen LogP contribution in [-0.4, -0.2) is 52.7 Å². The van der Waals surface area contributed by atoms with Gasteiger partial charge in [0.05, 0.1) is 56.2 Å². The molecule has 2 aromatic heterocycles. The summed E-state index contributed by atoms with van der Waals surface area (Å²) in [7, 11) is 1.63. The quantitative estimate of drug-likeness (QED) is 0.641. The molecule has 3 heterocycles. The standard InChI is InChI=1S/C22H24N4O4/c1-14-18(15(2)30-25-14)10-22(27)26-7-8-29-21(13-26)20-12-23-11-19(24-20)16-5-4-6-17(9-16)28-3/h4-6,9,11-12,21H,7-8,10,13H2,1-3H3/t21-/m0/s1. The summed E-state index contributed by atoms with van der Waals surface area (Å²) in [5.41, 5.74) is 3.94. The van der Waals surface area contributed by atoms with Crippen molar-refractivity contribution in [1.82, 2.24) is 20.0 Å². The van der Waals surface area contributed by atoms with E-state index in [2.05, 4.69) is 10.1 Å². The maximum Gasteiger partial charge on any atom is 0.227 e. The average molecular weight is 408 g/mol. The fourth-order valence-electron chi connectivity index (χ4n) is 3.53. The molecule has 30 heavy (non-hydrogen) atoms. The minimum Gasteiger partial charge on any atom is -0.497 e. The van der Waals surface area contributed by atoms with Gasteiger partial charge in [0.15, 0.2) is 0 Å². The van der Waals surface area contributed by atoms with E-state index in [0.29, 0.717) is 31.2 Å². The van der Waals surface area contributed by atoms with Crippen LogP contribution in [0.1, 0.15) is 28.8 Å². The zero-order valence-corrected chi connectivity index (χ0v) is 17.3. The van der Waals surface area contributed by atoms with Gasteiger partial charge in [-0.05, 0) is 26.0 Å². The summed E-state index contributed by atoms with van der Waals surface area (Å²) in [6.07, 6.45) is 3.34. The number of carbonyl (C=O) groups excluding carboxylic acids is 1. The van der Waals surface area contributed by atoms with Crippen LogP contribution >= 0.6 is 0 Å². The number of hydrogen-bond acceptors (Lipinski definition) is 7. The summed E-state index contributed by atoms with van der Waals surface area (Å²) in [6.45, 7) is 5.09. The van der Waals surface area contributed by atoms with Gasteiger partial charge < -0.3 is 18.9 Å². The highest BCUT2D eigenvalue weighted by atomic mass is 16.5. The Labute approximate surface area is 174 Å². The molecule has 4 rings (SSSR count). The molecule has 0 N–H and O–H groups in total. The Bertz CT molecular complexity index is 1030. The Kier molecular flexibility index (Phi) is 5.76. The van der Waals surface area contributed by atoms with E-state index in [-0.39, 0.29) is 18.4 Å². The van der Waals surface area contributed by atoms with Crippen LogP contribution < -0.4 is 4.74 Å². The molecule has 156 valence electrons. The number of rotatable bonds is 5. The largest absolute Gasteiger partial charge is 0.497 e. The number of amides is 1. The van der Waals surface area contributed by atoms with Crippen molar-refractivity contribution in [2.75, 3.05) is 26.8 Å². The molecular formula is C22H24N4O4. The molecule has 1 fully saturated rings. The SMILES string of the molecule is COc1cccc(-c2cncc([C@@H]3CN(C(=O)Cc4c(C)noc4C)CCO3)n2)c1. The highest BCUT2D eigenvalue weighted by Gasteiger charge is 2.28. The zero-order valence-electron chi connectivity index (χ0n) is 17.3. The lowest BCUT2D eigenvalue weighted by molar-refractivity contribution is -0.138. The van der Waals surface area contributed by atoms with Gasteiger partial charge in [-0.3, -0.25) is 9.78 Å². The zero-order chi connectivity index (χ0) is 21.1. The molecule has 1 atom stereocenters. The van der Waals surface area contributed by atoms with Gasteiger partial charge in [0, 0.05) is 17.7 Å². The summed E-state index contributed by atoms with van der Waals surface area (Å²) < 4.78 is 16.4. The molecule has 3 aromatic rings. The molecule has 1 amide bonds. The van der Waals surface area contributed by atoms with E-state index in [0.717, 1.165) is 28.3 Å². The van der Waals surface area contributed by atoms with Crippen molar-refractivity contribution in [2.45, 2.75) is 26.4 Å². The van der Waals surface area contributed by atoms with Gasteiger partial charge in [-0.1, -0.05) is 17.3 Å². The number of carbonyl (C=O) groups is 1. The second kappa shape index (κ2) is 8.62. The van der Waals surface area contributed by atoms with E-state index in [1.165, 1.54) is 0 Å². The topological polar surface area (TPSA) is 90.6 Å². The minimum atomic E-state index is -0.328. The van der Waals surface area contributed by atoms with Crippen molar-refractivity contribution in [2.24, 2.45) is 0 Å². The van der Waals surface area contributed by atoms with Crippen molar-refractivity contribution >= 4 is 5.91 Å². The van der Waals surface area contributed by atoms with E-state index >= 15 is 0 Å². The first-order valence-electron chi connectivity index (χ1n) is 9.82. The number of nitrogens with zero attached hydrogens (tertiary/aromatic N) is 4. The van der Waals surface area contributed by atoms with Crippen LogP contribution in [0.4, 0.5) is 0 Å². The van der Waals surface area contributed by atoms with Crippen molar-refractivity contribution in [1.29, 1.82) is 0 Å². The summed E-state index contributed by atoms with van der Waals surface area (Å²) >= 11 is 0. The molecule has 0 spiro atoms. The number of ether oxygens (including phenoxy) is 2. The average Bonchev–Trinajstić information content (AvgIpc) is 3.11. The van der Waals surface area contributed by atoms with Gasteiger partial charge in [0.25, 0.3) is 0 Å². The Morgan fingerprint density at radius 1 is 1.30 bits per heavy atom. The fraction of sp³-hybridized carbons (Fsp3) is 0.364. The smallest absolute Gasteiger partial charge is 0.227 e. The molecule has 8 heteroatoms. The van der Waals surface area contributed by atoms with Gasteiger partial charge in [-0.2, -0.15) is 0 Å². The van der Waals surface area contributed by atoms with E-state index in [1.54, 1.807) is 24.4 Å². The van der Waals surface area contributed by atoms with Crippen molar-refractivity contribution < 1.29 is 18.8 Å². The van der Waals surface area contributed by atoms with Crippen LogP contribution in [0.3, 0.4) is 0 Å². The van der Waals surface area contributed by atoms with Crippen molar-refractivity contribution in [3.63, 3.8) is 0 Å². The van der Waals surface area contributed by atoms with Gasteiger partial charge in [0.1, 0.15) is 17.6 Å². The van der Waals surface area contributed by atoms with Gasteiger partial charge in [-0.25, -0.2) is 4.98 Å². The highest BCUT2D eigenvalue weighted by Crippen LogP contribution is 2.26. The van der Waals surface area contributed by atoms with E-state index < -0.39 is 0 Å². The monoisotopic (exact) mass is 408 g/mol. The lowest BCUT2D eigenvalue weighted by atomic mass is 10.1. The predicted octanol–water partition coefficient (Wildman–Crippen LogP) is 2.90. The maximum absolute atomic E-state index is 12.9. The number of aryl methyl sites for hydroxylation is 2. The third-order valence-electron chi connectivity index (χ3n) is 5.28. The molecular weight excluding hydrogens is 384 g/mol. The summed E-state index contributed by atoms with van der Waals surface area (Å²) in [4.78, 5) is 23.7. The van der Waals surface area contributed by atoms with Crippen LogP contribution in [0.25, 0.3) is 11.3 Å². The van der Waals surface area contributed by atoms with Gasteiger partial charge in [-0.15, -0.1) is 0 Å². The van der Waals surface area contributed by atoms with E-state index in [1.807, 2.05) is 38.1 Å². The number of aromatic nitrogens is 3. The number of hydrogen-bond donors (Lipinski definition) is 0. The highest BCUT2D eigenvalue weighted by molar-refractivity contribution is 5.79. The Balaban J connectivity index is 1.50. The van der Waals surface area contributed by atoms with Gasteiger partial charge >= 0.3 is 0 Å². The maximum atomic E-state index is 12.9. The summed E-state index contributed by atoms with van der Waals surface area (Å²) in [5.74, 6) is 1.46. The summed E-state index contributed by atoms with van der Waals surface area (Å²) in [6, 6.07) is 7.66. The Morgan fingerprint density at radius 2 is 2.17 bits per heavy atom. The first-order valence-corrected chi connectivity index (χ1v) is 9.82. The molecule has 0 radical (unpaired) electrons.